The van der Waals surface area contributed by atoms with Crippen molar-refractivity contribution in [2.45, 2.75) is 65.2 Å². The van der Waals surface area contributed by atoms with Gasteiger partial charge in [0.05, 0.1) is 0 Å². The van der Waals surface area contributed by atoms with Gasteiger partial charge in [-0.1, -0.05) is 64.7 Å². The van der Waals surface area contributed by atoms with Crippen molar-refractivity contribution >= 4 is 0 Å². The van der Waals surface area contributed by atoms with Gasteiger partial charge in [0.25, 0.3) is 0 Å². The molecule has 0 aliphatic heterocycles. The van der Waals surface area contributed by atoms with E-state index in [2.05, 4.69) is 19.8 Å². The average molecular weight is 179 g/mol. The van der Waals surface area contributed by atoms with Crippen LogP contribution in [0.25, 0.3) is 0 Å². The minimum Gasteiger partial charge on any atom is -0.0860 e. The molecule has 0 aromatic carbocycles. The van der Waals surface area contributed by atoms with Crippen LogP contribution in [0.2, 0.25) is 0 Å². The third-order valence-corrected chi connectivity index (χ3v) is 2.49. The van der Waals surface area contributed by atoms with Crippen LogP contribution in [0.1, 0.15) is 65.2 Å². The van der Waals surface area contributed by atoms with Crippen molar-refractivity contribution < 1.29 is 0 Å². The van der Waals surface area contributed by atoms with Crippen LogP contribution in [-0.2, 0) is 0 Å². The summed E-state index contributed by atoms with van der Waals surface area (Å²) in [5, 5.41) is 0. The van der Waals surface area contributed by atoms with E-state index in [9.17, 15) is 0 Å². The highest BCUT2D eigenvalue weighted by atomic mass is 14.0. The lowest BCUT2D eigenvalue weighted by Gasteiger charge is -2.03. The van der Waals surface area contributed by atoms with E-state index in [0.29, 0.717) is 5.92 Å². The lowest BCUT2D eigenvalue weighted by atomic mass is 10.0. The molecule has 75 valence electrons. The predicted molar refractivity (Wildman–Crippen MR) is 58.9 cm³/mol. The molecule has 0 saturated heterocycles. The van der Waals surface area contributed by atoms with Crippen molar-refractivity contribution in [3.63, 3.8) is 0 Å². The van der Waals surface area contributed by atoms with Crippen LogP contribution in [0, 0.1) is 18.3 Å². The highest BCUT2D eigenvalue weighted by molar-refractivity contribution is 4.82. The van der Waals surface area contributed by atoms with Crippen LogP contribution in [0.3, 0.4) is 0 Å². The second kappa shape index (κ2) is 9.65. The summed E-state index contributed by atoms with van der Waals surface area (Å²) in [7, 11) is 0. The SMILES string of the molecule is [C]#CC(C)CCCCCCCCC. The monoisotopic (exact) mass is 179 g/mol. The molecule has 0 aliphatic carbocycles. The Balaban J connectivity index is 2.96. The van der Waals surface area contributed by atoms with E-state index >= 15 is 0 Å². The summed E-state index contributed by atoms with van der Waals surface area (Å²) in [5.41, 5.74) is 0. The van der Waals surface area contributed by atoms with E-state index in [1.807, 2.05) is 0 Å². The van der Waals surface area contributed by atoms with Gasteiger partial charge in [-0.15, -0.1) is 0 Å². The van der Waals surface area contributed by atoms with E-state index in [1.165, 1.54) is 44.9 Å². The van der Waals surface area contributed by atoms with Crippen LogP contribution in [0.4, 0.5) is 0 Å². The van der Waals surface area contributed by atoms with Gasteiger partial charge in [-0.05, 0) is 12.8 Å². The Bertz CT molecular complexity index is 129. The quantitative estimate of drug-likeness (QED) is 0.384. The molecule has 0 nitrogen and oxygen atoms in total. The Morgan fingerprint density at radius 2 is 1.54 bits per heavy atom. The maximum atomic E-state index is 6.93. The van der Waals surface area contributed by atoms with Crippen LogP contribution in [-0.4, -0.2) is 0 Å². The van der Waals surface area contributed by atoms with E-state index in [1.54, 1.807) is 0 Å². The molecule has 0 amide bonds. The molecule has 1 radical (unpaired) electrons. The van der Waals surface area contributed by atoms with Gasteiger partial charge in [-0.3, -0.25) is 0 Å². The summed E-state index contributed by atoms with van der Waals surface area (Å²) in [6.07, 6.45) is 17.6. The van der Waals surface area contributed by atoms with Gasteiger partial charge >= 0.3 is 0 Å². The smallest absolute Gasteiger partial charge is 0.0184 e. The lowest BCUT2D eigenvalue weighted by molar-refractivity contribution is 0.544. The van der Waals surface area contributed by atoms with Gasteiger partial charge in [-0.2, -0.15) is 0 Å². The number of hydrogen-bond acceptors (Lipinski definition) is 0. The first kappa shape index (κ1) is 12.6. The van der Waals surface area contributed by atoms with Crippen molar-refractivity contribution in [3.05, 3.63) is 6.42 Å². The molecule has 0 saturated carbocycles. The van der Waals surface area contributed by atoms with Crippen molar-refractivity contribution in [2.24, 2.45) is 5.92 Å². The Labute approximate surface area is 84.1 Å². The maximum Gasteiger partial charge on any atom is 0.0184 e. The van der Waals surface area contributed by atoms with Crippen molar-refractivity contribution in [1.29, 1.82) is 0 Å². The van der Waals surface area contributed by atoms with Crippen LogP contribution in [0.15, 0.2) is 0 Å². The maximum absolute atomic E-state index is 6.93. The van der Waals surface area contributed by atoms with Crippen LogP contribution < -0.4 is 0 Å². The van der Waals surface area contributed by atoms with E-state index in [-0.39, 0.29) is 0 Å². The summed E-state index contributed by atoms with van der Waals surface area (Å²) in [4.78, 5) is 0. The Morgan fingerprint density at radius 3 is 2.08 bits per heavy atom. The van der Waals surface area contributed by atoms with Gasteiger partial charge < -0.3 is 0 Å². The third kappa shape index (κ3) is 9.47. The zero-order valence-electron chi connectivity index (χ0n) is 9.23. The number of hydrogen-bond donors (Lipinski definition) is 0. The summed E-state index contributed by atoms with van der Waals surface area (Å²) in [5.74, 6) is 2.90. The minimum absolute atomic E-state index is 0.371. The molecule has 1 atom stereocenters. The molecule has 0 aliphatic rings. The summed E-state index contributed by atoms with van der Waals surface area (Å²) in [6, 6.07) is 0. The van der Waals surface area contributed by atoms with Crippen LogP contribution >= 0.6 is 0 Å². The summed E-state index contributed by atoms with van der Waals surface area (Å²) < 4.78 is 0. The fourth-order valence-electron chi connectivity index (χ4n) is 1.48. The first-order valence-electron chi connectivity index (χ1n) is 5.73. The molecule has 0 bridgehead atoms. The molecule has 0 N–H and O–H groups in total. The van der Waals surface area contributed by atoms with Gasteiger partial charge in [0.1, 0.15) is 0 Å². The molecule has 0 aromatic heterocycles. The lowest BCUT2D eigenvalue weighted by Crippen LogP contribution is -1.89. The second-order valence-electron chi connectivity index (χ2n) is 3.96. The highest BCUT2D eigenvalue weighted by Crippen LogP contribution is 2.11. The largest absolute Gasteiger partial charge is 0.0860 e. The van der Waals surface area contributed by atoms with E-state index in [4.69, 9.17) is 6.42 Å². The molecular formula is C13H23. The minimum atomic E-state index is 0.371. The zero-order valence-corrected chi connectivity index (χ0v) is 9.23. The third-order valence-electron chi connectivity index (χ3n) is 2.49. The Morgan fingerprint density at radius 1 is 1.00 bits per heavy atom. The highest BCUT2D eigenvalue weighted by Gasteiger charge is 1.96. The van der Waals surface area contributed by atoms with Gasteiger partial charge in [0, 0.05) is 5.92 Å². The van der Waals surface area contributed by atoms with Gasteiger partial charge in [0.2, 0.25) is 0 Å². The molecule has 0 spiro atoms. The van der Waals surface area contributed by atoms with E-state index < -0.39 is 0 Å². The molecule has 0 aromatic rings. The molecule has 0 fully saturated rings. The second-order valence-corrected chi connectivity index (χ2v) is 3.96. The van der Waals surface area contributed by atoms with Crippen LogP contribution in [0.5, 0.6) is 0 Å². The normalized spacial score (nSPS) is 12.4. The zero-order chi connectivity index (χ0) is 9.94. The van der Waals surface area contributed by atoms with E-state index in [0.717, 1.165) is 6.42 Å². The summed E-state index contributed by atoms with van der Waals surface area (Å²) in [6.45, 7) is 4.33. The molecular weight excluding hydrogens is 156 g/mol. The summed E-state index contributed by atoms with van der Waals surface area (Å²) >= 11 is 0. The number of rotatable bonds is 8. The Hall–Kier alpha value is -0.440. The fourth-order valence-corrected chi connectivity index (χ4v) is 1.48. The van der Waals surface area contributed by atoms with Crippen molar-refractivity contribution in [1.82, 2.24) is 0 Å². The fraction of sp³-hybridized carbons (Fsp3) is 0.846. The van der Waals surface area contributed by atoms with Gasteiger partial charge in [-0.25, -0.2) is 0 Å². The topological polar surface area (TPSA) is 0 Å². The number of unbranched alkanes of at least 4 members (excludes halogenated alkanes) is 6. The first-order valence-corrected chi connectivity index (χ1v) is 5.73. The first-order chi connectivity index (χ1) is 6.31. The molecule has 13 heavy (non-hydrogen) atoms. The Kier molecular flexibility index (Phi) is 9.32. The molecule has 1 unspecified atom stereocenters. The predicted octanol–water partition coefficient (Wildman–Crippen LogP) is 4.35. The van der Waals surface area contributed by atoms with Crippen molar-refractivity contribution in [3.8, 4) is 5.92 Å². The molecule has 0 heterocycles. The van der Waals surface area contributed by atoms with Gasteiger partial charge in [0.15, 0.2) is 0 Å². The molecule has 0 heteroatoms. The standard InChI is InChI=1S/C13H23/c1-4-6-7-8-9-10-11-12-13(3)5-2/h13H,4,6-12H2,1,3H3. The molecule has 0 rings (SSSR count). The van der Waals surface area contributed by atoms with Crippen molar-refractivity contribution in [2.75, 3.05) is 0 Å². The average Bonchev–Trinajstić information content (AvgIpc) is 2.16.